The fourth-order valence-electron chi connectivity index (χ4n) is 2.02. The number of thioether (sulfide) groups is 1. The molecule has 1 aromatic rings. The second-order valence-electron chi connectivity index (χ2n) is 5.43. The maximum absolute atomic E-state index is 11.9. The maximum Gasteiger partial charge on any atom is 0.326 e. The van der Waals surface area contributed by atoms with Crippen LogP contribution in [-0.4, -0.2) is 58.6 Å². The second kappa shape index (κ2) is 10.6. The van der Waals surface area contributed by atoms with Crippen LogP contribution in [0, 0.1) is 0 Å². The van der Waals surface area contributed by atoms with Crippen molar-refractivity contribution in [2.24, 2.45) is 5.73 Å². The third kappa shape index (κ3) is 7.90. The summed E-state index contributed by atoms with van der Waals surface area (Å²) in [6.45, 7) is -0.342. The van der Waals surface area contributed by atoms with Gasteiger partial charge in [0.1, 0.15) is 11.8 Å². The molecule has 2 amide bonds. The predicted octanol–water partition coefficient (Wildman–Crippen LogP) is -0.299. The molecular weight excluding hydrogens is 346 g/mol. The Kier molecular flexibility index (Phi) is 8.79. The minimum Gasteiger partial charge on any atom is -0.508 e. The molecule has 8 nitrogen and oxygen atoms in total. The van der Waals surface area contributed by atoms with Gasteiger partial charge in [-0.1, -0.05) is 12.1 Å². The molecule has 2 unspecified atom stereocenters. The number of aromatic hydroxyl groups is 1. The van der Waals surface area contributed by atoms with Gasteiger partial charge in [-0.15, -0.1) is 0 Å². The van der Waals surface area contributed by atoms with Crippen LogP contribution in [0.25, 0.3) is 0 Å². The van der Waals surface area contributed by atoms with Crippen molar-refractivity contribution in [2.45, 2.75) is 24.9 Å². The Morgan fingerprint density at radius 1 is 1.24 bits per heavy atom. The summed E-state index contributed by atoms with van der Waals surface area (Å²) in [5.41, 5.74) is 6.56. The van der Waals surface area contributed by atoms with Crippen LogP contribution in [0.3, 0.4) is 0 Å². The third-order valence-corrected chi connectivity index (χ3v) is 4.04. The number of hydrogen-bond acceptors (Lipinski definition) is 6. The van der Waals surface area contributed by atoms with Crippen molar-refractivity contribution in [3.63, 3.8) is 0 Å². The summed E-state index contributed by atoms with van der Waals surface area (Å²) in [4.78, 5) is 34.8. The fraction of sp³-hybridized carbons (Fsp3) is 0.438. The molecule has 138 valence electrons. The van der Waals surface area contributed by atoms with E-state index >= 15 is 0 Å². The monoisotopic (exact) mass is 369 g/mol. The van der Waals surface area contributed by atoms with Gasteiger partial charge in [-0.2, -0.15) is 11.8 Å². The van der Waals surface area contributed by atoms with Crippen molar-refractivity contribution in [3.8, 4) is 5.75 Å². The molecular formula is C16H23N3O5S. The molecule has 0 bridgehead atoms. The average molecular weight is 369 g/mol. The van der Waals surface area contributed by atoms with Crippen LogP contribution >= 0.6 is 11.8 Å². The van der Waals surface area contributed by atoms with E-state index in [9.17, 15) is 19.5 Å². The van der Waals surface area contributed by atoms with Gasteiger partial charge in [0.25, 0.3) is 0 Å². The molecule has 0 saturated heterocycles. The molecule has 0 aliphatic rings. The minimum absolute atomic E-state index is 0.118. The number of amides is 2. The number of benzene rings is 1. The van der Waals surface area contributed by atoms with Crippen LogP contribution in [-0.2, 0) is 20.8 Å². The molecule has 2 atom stereocenters. The predicted molar refractivity (Wildman–Crippen MR) is 95.4 cm³/mol. The molecule has 0 heterocycles. The van der Waals surface area contributed by atoms with Gasteiger partial charge in [-0.3, -0.25) is 9.59 Å². The average Bonchev–Trinajstić information content (AvgIpc) is 2.58. The zero-order chi connectivity index (χ0) is 18.8. The summed E-state index contributed by atoms with van der Waals surface area (Å²) in [6.07, 6.45) is 2.40. The Balaban J connectivity index is 2.41. The first kappa shape index (κ1) is 20.8. The molecule has 0 saturated carbocycles. The maximum atomic E-state index is 11.9. The lowest BCUT2D eigenvalue weighted by Crippen LogP contribution is -2.49. The van der Waals surface area contributed by atoms with E-state index in [4.69, 9.17) is 10.8 Å². The molecule has 1 rings (SSSR count). The number of nitrogens with two attached hydrogens (primary N) is 1. The van der Waals surface area contributed by atoms with Crippen molar-refractivity contribution in [2.75, 3.05) is 18.6 Å². The zero-order valence-electron chi connectivity index (χ0n) is 13.9. The molecule has 1 aromatic carbocycles. The highest BCUT2D eigenvalue weighted by molar-refractivity contribution is 7.98. The Hall–Kier alpha value is -2.26. The van der Waals surface area contributed by atoms with Crippen LogP contribution in [0.15, 0.2) is 24.3 Å². The molecule has 25 heavy (non-hydrogen) atoms. The van der Waals surface area contributed by atoms with Gasteiger partial charge in [-0.05, 0) is 42.5 Å². The van der Waals surface area contributed by atoms with E-state index < -0.39 is 29.9 Å². The third-order valence-electron chi connectivity index (χ3n) is 3.40. The Morgan fingerprint density at radius 3 is 2.44 bits per heavy atom. The van der Waals surface area contributed by atoms with Crippen molar-refractivity contribution in [3.05, 3.63) is 29.8 Å². The standard InChI is InChI=1S/C16H23N3O5S/c1-25-7-6-13(16(23)24)19-14(21)9-18-15(22)12(17)8-10-2-4-11(20)5-3-10/h2-5,12-13,20H,6-9,17H2,1H3,(H,18,22)(H,19,21)(H,23,24). The van der Waals surface area contributed by atoms with Gasteiger partial charge in [0, 0.05) is 0 Å². The lowest BCUT2D eigenvalue weighted by Gasteiger charge is -2.15. The zero-order valence-corrected chi connectivity index (χ0v) is 14.7. The first-order valence-corrected chi connectivity index (χ1v) is 9.05. The number of phenolic OH excluding ortho intramolecular Hbond substituents is 1. The highest BCUT2D eigenvalue weighted by Gasteiger charge is 2.20. The molecule has 0 aliphatic carbocycles. The number of carboxylic acids is 1. The Bertz CT molecular complexity index is 594. The molecule has 0 spiro atoms. The van der Waals surface area contributed by atoms with Gasteiger partial charge in [-0.25, -0.2) is 4.79 Å². The molecule has 0 fully saturated rings. The lowest BCUT2D eigenvalue weighted by atomic mass is 10.1. The first-order valence-electron chi connectivity index (χ1n) is 7.65. The van der Waals surface area contributed by atoms with Crippen molar-refractivity contribution in [1.29, 1.82) is 0 Å². The largest absolute Gasteiger partial charge is 0.508 e. The lowest BCUT2D eigenvalue weighted by molar-refractivity contribution is -0.141. The number of aliphatic carboxylic acids is 1. The molecule has 9 heteroatoms. The second-order valence-corrected chi connectivity index (χ2v) is 6.42. The molecule has 6 N–H and O–H groups in total. The molecule has 0 radical (unpaired) electrons. The summed E-state index contributed by atoms with van der Waals surface area (Å²) in [7, 11) is 0. The number of hydrogen-bond donors (Lipinski definition) is 5. The smallest absolute Gasteiger partial charge is 0.326 e. The van der Waals surface area contributed by atoms with E-state index in [0.717, 1.165) is 5.56 Å². The van der Waals surface area contributed by atoms with Crippen molar-refractivity contribution in [1.82, 2.24) is 10.6 Å². The summed E-state index contributed by atoms with van der Waals surface area (Å²) in [5.74, 6) is -1.50. The SMILES string of the molecule is CSCCC(NC(=O)CNC(=O)C(N)Cc1ccc(O)cc1)C(=O)O. The van der Waals surface area contributed by atoms with E-state index in [1.54, 1.807) is 12.1 Å². The van der Waals surface area contributed by atoms with Crippen LogP contribution in [0.5, 0.6) is 5.75 Å². The molecule has 0 aliphatic heterocycles. The van der Waals surface area contributed by atoms with E-state index in [0.29, 0.717) is 12.2 Å². The first-order chi connectivity index (χ1) is 11.8. The summed E-state index contributed by atoms with van der Waals surface area (Å²) >= 11 is 1.48. The van der Waals surface area contributed by atoms with E-state index in [1.807, 2.05) is 6.26 Å². The number of carbonyl (C=O) groups is 3. The molecule has 0 aromatic heterocycles. The van der Waals surface area contributed by atoms with E-state index in [2.05, 4.69) is 10.6 Å². The number of nitrogens with one attached hydrogen (secondary N) is 2. The number of carboxylic acid groups (broad SMARTS) is 1. The normalized spacial score (nSPS) is 12.9. The highest BCUT2D eigenvalue weighted by Crippen LogP contribution is 2.10. The van der Waals surface area contributed by atoms with Crippen LogP contribution in [0.1, 0.15) is 12.0 Å². The van der Waals surface area contributed by atoms with Gasteiger partial charge < -0.3 is 26.6 Å². The Labute approximate surface area is 150 Å². The summed E-state index contributed by atoms with van der Waals surface area (Å²) < 4.78 is 0. The summed E-state index contributed by atoms with van der Waals surface area (Å²) in [6, 6.07) is 4.45. The van der Waals surface area contributed by atoms with Gasteiger partial charge in [0.2, 0.25) is 11.8 Å². The minimum atomic E-state index is -1.11. The number of phenols is 1. The van der Waals surface area contributed by atoms with Crippen LogP contribution in [0.2, 0.25) is 0 Å². The Morgan fingerprint density at radius 2 is 1.88 bits per heavy atom. The number of carbonyl (C=O) groups excluding carboxylic acids is 2. The van der Waals surface area contributed by atoms with Crippen LogP contribution < -0.4 is 16.4 Å². The van der Waals surface area contributed by atoms with E-state index in [-0.39, 0.29) is 18.7 Å². The van der Waals surface area contributed by atoms with E-state index in [1.165, 1.54) is 23.9 Å². The van der Waals surface area contributed by atoms with Gasteiger partial charge in [0.05, 0.1) is 12.6 Å². The summed E-state index contributed by atoms with van der Waals surface area (Å²) in [5, 5.41) is 23.0. The topological polar surface area (TPSA) is 142 Å². The van der Waals surface area contributed by atoms with Crippen molar-refractivity contribution < 1.29 is 24.6 Å². The van der Waals surface area contributed by atoms with Gasteiger partial charge in [0.15, 0.2) is 0 Å². The quantitative estimate of drug-likeness (QED) is 0.381. The van der Waals surface area contributed by atoms with Crippen LogP contribution in [0.4, 0.5) is 0 Å². The van der Waals surface area contributed by atoms with Gasteiger partial charge >= 0.3 is 5.97 Å². The fourth-order valence-corrected chi connectivity index (χ4v) is 2.49. The van der Waals surface area contributed by atoms with Crippen molar-refractivity contribution >= 4 is 29.5 Å². The highest BCUT2D eigenvalue weighted by atomic mass is 32.2. The number of rotatable bonds is 10.